The molecule has 21 heavy (non-hydrogen) atoms. The van der Waals surface area contributed by atoms with Gasteiger partial charge in [-0.1, -0.05) is 25.1 Å². The van der Waals surface area contributed by atoms with Gasteiger partial charge in [0.1, 0.15) is 0 Å². The molecule has 0 saturated heterocycles. The van der Waals surface area contributed by atoms with Gasteiger partial charge in [0.25, 0.3) is 0 Å². The molecule has 0 atom stereocenters. The first kappa shape index (κ1) is 12.6. The van der Waals surface area contributed by atoms with E-state index in [1.165, 1.54) is 29.7 Å². The lowest BCUT2D eigenvalue weighted by molar-refractivity contribution is 0.679. The van der Waals surface area contributed by atoms with Gasteiger partial charge in [0.05, 0.1) is 17.2 Å². The van der Waals surface area contributed by atoms with Crippen LogP contribution in [0.15, 0.2) is 30.5 Å². The molecule has 1 aliphatic carbocycles. The summed E-state index contributed by atoms with van der Waals surface area (Å²) in [4.78, 5) is 12.9. The Morgan fingerprint density at radius 3 is 3.00 bits per heavy atom. The van der Waals surface area contributed by atoms with Crippen molar-refractivity contribution < 1.29 is 0 Å². The van der Waals surface area contributed by atoms with Crippen LogP contribution in [0.25, 0.3) is 22.4 Å². The van der Waals surface area contributed by atoms with Crippen molar-refractivity contribution in [2.24, 2.45) is 0 Å². The van der Waals surface area contributed by atoms with Crippen molar-refractivity contribution in [3.05, 3.63) is 47.3 Å². The molecule has 2 aromatic heterocycles. The summed E-state index contributed by atoms with van der Waals surface area (Å²) in [6, 6.07) is 8.54. The third kappa shape index (κ3) is 2.13. The minimum Gasteiger partial charge on any atom is -0.356 e. The number of benzene rings is 1. The highest BCUT2D eigenvalue weighted by Crippen LogP contribution is 2.29. The Labute approximate surface area is 124 Å². The van der Waals surface area contributed by atoms with E-state index in [0.29, 0.717) is 0 Å². The molecule has 0 amide bonds. The van der Waals surface area contributed by atoms with Gasteiger partial charge in [-0.05, 0) is 49.3 Å². The Bertz CT molecular complexity index is 801. The van der Waals surface area contributed by atoms with E-state index >= 15 is 0 Å². The zero-order valence-electron chi connectivity index (χ0n) is 12.3. The third-order valence-corrected chi connectivity index (χ3v) is 4.42. The Hall–Kier alpha value is -2.16. The van der Waals surface area contributed by atoms with E-state index in [-0.39, 0.29) is 0 Å². The molecule has 0 radical (unpaired) electrons. The van der Waals surface area contributed by atoms with Crippen molar-refractivity contribution >= 4 is 11.0 Å². The molecule has 3 heteroatoms. The highest BCUT2D eigenvalue weighted by molar-refractivity contribution is 5.82. The van der Waals surface area contributed by atoms with Crippen molar-refractivity contribution in [3.63, 3.8) is 0 Å². The average Bonchev–Trinajstić information content (AvgIpc) is 2.92. The Balaban J connectivity index is 1.86. The molecule has 0 saturated carbocycles. The van der Waals surface area contributed by atoms with Gasteiger partial charge in [-0.15, -0.1) is 0 Å². The number of nitrogens with zero attached hydrogens (tertiary/aromatic N) is 2. The summed E-state index contributed by atoms with van der Waals surface area (Å²) in [5.74, 6) is 0.838. The number of aromatic nitrogens is 3. The molecule has 0 aliphatic heterocycles. The fourth-order valence-electron chi connectivity index (χ4n) is 3.24. The SMILES string of the molecule is CCc1cccc(-c2ncc3[nH]c4c(c3n2)CCCC4)c1. The van der Waals surface area contributed by atoms with Crippen LogP contribution in [0.5, 0.6) is 0 Å². The first-order valence-electron chi connectivity index (χ1n) is 7.81. The summed E-state index contributed by atoms with van der Waals surface area (Å²) in [5, 5.41) is 0. The van der Waals surface area contributed by atoms with E-state index < -0.39 is 0 Å². The van der Waals surface area contributed by atoms with Crippen LogP contribution in [0.1, 0.15) is 36.6 Å². The molecule has 2 heterocycles. The molecule has 3 nitrogen and oxygen atoms in total. The van der Waals surface area contributed by atoms with Crippen LogP contribution in [-0.4, -0.2) is 15.0 Å². The summed E-state index contributed by atoms with van der Waals surface area (Å²) >= 11 is 0. The highest BCUT2D eigenvalue weighted by Gasteiger charge is 2.17. The monoisotopic (exact) mass is 277 g/mol. The van der Waals surface area contributed by atoms with Crippen LogP contribution in [-0.2, 0) is 19.3 Å². The summed E-state index contributed by atoms with van der Waals surface area (Å²) in [6.45, 7) is 2.17. The second-order valence-corrected chi connectivity index (χ2v) is 5.80. The number of aryl methyl sites for hydroxylation is 3. The molecule has 0 fully saturated rings. The lowest BCUT2D eigenvalue weighted by Crippen LogP contribution is -2.00. The lowest BCUT2D eigenvalue weighted by atomic mass is 9.97. The fourth-order valence-corrected chi connectivity index (χ4v) is 3.24. The van der Waals surface area contributed by atoms with Gasteiger partial charge in [-0.2, -0.15) is 0 Å². The zero-order valence-corrected chi connectivity index (χ0v) is 12.3. The number of rotatable bonds is 2. The van der Waals surface area contributed by atoms with Crippen LogP contribution in [0, 0.1) is 0 Å². The maximum atomic E-state index is 4.85. The molecule has 1 aliphatic rings. The lowest BCUT2D eigenvalue weighted by Gasteiger charge is -2.10. The standard InChI is InChI=1S/C18H19N3/c1-2-12-6-5-7-13(10-12)18-19-11-16-17(21-18)14-8-3-4-9-15(14)20-16/h5-7,10-11,20H,2-4,8-9H2,1H3. The van der Waals surface area contributed by atoms with Crippen molar-refractivity contribution in [1.29, 1.82) is 0 Å². The molecule has 106 valence electrons. The van der Waals surface area contributed by atoms with Gasteiger partial charge in [-0.3, -0.25) is 0 Å². The summed E-state index contributed by atoms with van der Waals surface area (Å²) in [7, 11) is 0. The van der Waals surface area contributed by atoms with Gasteiger partial charge in [-0.25, -0.2) is 9.97 Å². The number of hydrogen-bond donors (Lipinski definition) is 1. The maximum absolute atomic E-state index is 4.85. The second kappa shape index (κ2) is 4.99. The summed E-state index contributed by atoms with van der Waals surface area (Å²) in [5.41, 5.74) is 7.42. The van der Waals surface area contributed by atoms with Crippen LogP contribution < -0.4 is 0 Å². The van der Waals surface area contributed by atoms with Gasteiger partial charge in [0.15, 0.2) is 5.82 Å². The second-order valence-electron chi connectivity index (χ2n) is 5.80. The van der Waals surface area contributed by atoms with E-state index in [1.54, 1.807) is 0 Å². The minimum atomic E-state index is 0.838. The number of hydrogen-bond acceptors (Lipinski definition) is 2. The Morgan fingerprint density at radius 2 is 2.10 bits per heavy atom. The maximum Gasteiger partial charge on any atom is 0.159 e. The Kier molecular flexibility index (Phi) is 2.99. The first-order chi connectivity index (χ1) is 10.3. The van der Waals surface area contributed by atoms with Crippen LogP contribution >= 0.6 is 0 Å². The molecule has 0 spiro atoms. The summed E-state index contributed by atoms with van der Waals surface area (Å²) in [6.07, 6.45) is 7.81. The van der Waals surface area contributed by atoms with Crippen molar-refractivity contribution in [1.82, 2.24) is 15.0 Å². The summed E-state index contributed by atoms with van der Waals surface area (Å²) < 4.78 is 0. The molecular weight excluding hydrogens is 258 g/mol. The quantitative estimate of drug-likeness (QED) is 0.767. The smallest absolute Gasteiger partial charge is 0.159 e. The van der Waals surface area contributed by atoms with Crippen molar-refractivity contribution in [3.8, 4) is 11.4 Å². The van der Waals surface area contributed by atoms with E-state index in [2.05, 4.69) is 41.2 Å². The number of fused-ring (bicyclic) bond motifs is 3. The highest BCUT2D eigenvalue weighted by atomic mass is 14.9. The third-order valence-electron chi connectivity index (χ3n) is 4.42. The largest absolute Gasteiger partial charge is 0.356 e. The van der Waals surface area contributed by atoms with E-state index in [4.69, 9.17) is 4.98 Å². The van der Waals surface area contributed by atoms with Gasteiger partial charge < -0.3 is 4.98 Å². The normalized spacial score (nSPS) is 14.3. The number of nitrogens with one attached hydrogen (secondary N) is 1. The van der Waals surface area contributed by atoms with Crippen molar-refractivity contribution in [2.45, 2.75) is 39.0 Å². The molecule has 0 bridgehead atoms. The van der Waals surface area contributed by atoms with Crippen molar-refractivity contribution in [2.75, 3.05) is 0 Å². The van der Waals surface area contributed by atoms with Gasteiger partial charge >= 0.3 is 0 Å². The zero-order chi connectivity index (χ0) is 14.2. The van der Waals surface area contributed by atoms with E-state index in [0.717, 1.165) is 41.7 Å². The Morgan fingerprint density at radius 1 is 1.19 bits per heavy atom. The molecule has 0 unspecified atom stereocenters. The first-order valence-corrected chi connectivity index (χ1v) is 7.81. The predicted molar refractivity (Wildman–Crippen MR) is 85.3 cm³/mol. The molecule has 1 N–H and O–H groups in total. The van der Waals surface area contributed by atoms with Gasteiger partial charge in [0.2, 0.25) is 0 Å². The van der Waals surface area contributed by atoms with Crippen LogP contribution in [0.4, 0.5) is 0 Å². The average molecular weight is 277 g/mol. The number of H-pyrrole nitrogens is 1. The number of aromatic amines is 1. The molecule has 1 aromatic carbocycles. The minimum absolute atomic E-state index is 0.838. The van der Waals surface area contributed by atoms with Crippen LogP contribution in [0.3, 0.4) is 0 Å². The molecule has 3 aromatic rings. The predicted octanol–water partition coefficient (Wildman–Crippen LogP) is 4.07. The van der Waals surface area contributed by atoms with E-state index in [9.17, 15) is 0 Å². The topological polar surface area (TPSA) is 41.6 Å². The molecule has 4 rings (SSSR count). The van der Waals surface area contributed by atoms with E-state index in [1.807, 2.05) is 6.20 Å². The van der Waals surface area contributed by atoms with Crippen LogP contribution in [0.2, 0.25) is 0 Å². The fraction of sp³-hybridized carbons (Fsp3) is 0.333. The van der Waals surface area contributed by atoms with Gasteiger partial charge in [0, 0.05) is 11.3 Å². The molecular formula is C18H19N3.